The van der Waals surface area contributed by atoms with Crippen LogP contribution in [0.2, 0.25) is 5.02 Å². The number of carboxylic acid groups (broad SMARTS) is 1. The molecule has 0 unspecified atom stereocenters. The number of carbonyl (C=O) groups excluding carboxylic acids is 2. The summed E-state index contributed by atoms with van der Waals surface area (Å²) in [6.45, 7) is 0.340. The molecule has 1 heterocycles. The van der Waals surface area contributed by atoms with E-state index in [1.54, 1.807) is 66.7 Å². The fourth-order valence-corrected chi connectivity index (χ4v) is 3.40. The first-order valence-electron chi connectivity index (χ1n) is 10.0. The number of hydrogen-bond acceptors (Lipinski definition) is 4. The Hall–Kier alpha value is -4.10. The van der Waals surface area contributed by atoms with Crippen LogP contribution in [0.1, 0.15) is 27.0 Å². The van der Waals surface area contributed by atoms with Crippen molar-refractivity contribution >= 4 is 35.6 Å². The van der Waals surface area contributed by atoms with Crippen molar-refractivity contribution in [1.29, 1.82) is 0 Å². The molecule has 0 radical (unpaired) electrons. The van der Waals surface area contributed by atoms with Crippen molar-refractivity contribution in [2.75, 3.05) is 0 Å². The SMILES string of the molecule is O=C(O)c1ccc(COc2ccccc2/C=C2\NC(=O)N(Cc3ccc(Cl)cc3)C2=O)cc1. The second kappa shape index (κ2) is 9.58. The molecule has 0 saturated carbocycles. The Morgan fingerprint density at radius 1 is 0.970 bits per heavy atom. The molecule has 3 aromatic carbocycles. The van der Waals surface area contributed by atoms with Crippen LogP contribution in [0, 0.1) is 0 Å². The molecule has 3 aromatic rings. The minimum Gasteiger partial charge on any atom is -0.488 e. The topological polar surface area (TPSA) is 95.9 Å². The third kappa shape index (κ3) is 5.22. The summed E-state index contributed by atoms with van der Waals surface area (Å²) in [5, 5.41) is 12.2. The number of hydrogen-bond donors (Lipinski definition) is 2. The van der Waals surface area contributed by atoms with Crippen LogP contribution >= 0.6 is 11.6 Å². The van der Waals surface area contributed by atoms with E-state index in [0.29, 0.717) is 16.3 Å². The van der Waals surface area contributed by atoms with Gasteiger partial charge in [0.05, 0.1) is 12.1 Å². The number of carbonyl (C=O) groups is 3. The first kappa shape index (κ1) is 22.1. The fraction of sp³-hybridized carbons (Fsp3) is 0.0800. The molecule has 7 nitrogen and oxygen atoms in total. The van der Waals surface area contributed by atoms with Crippen LogP contribution < -0.4 is 10.1 Å². The minimum absolute atomic E-state index is 0.129. The highest BCUT2D eigenvalue weighted by molar-refractivity contribution is 6.30. The van der Waals surface area contributed by atoms with E-state index in [2.05, 4.69) is 5.32 Å². The number of ether oxygens (including phenoxy) is 1. The summed E-state index contributed by atoms with van der Waals surface area (Å²) in [4.78, 5) is 37.3. The smallest absolute Gasteiger partial charge is 0.335 e. The lowest BCUT2D eigenvalue weighted by Gasteiger charge is -2.12. The highest BCUT2D eigenvalue weighted by atomic mass is 35.5. The molecule has 8 heteroatoms. The van der Waals surface area contributed by atoms with Gasteiger partial charge < -0.3 is 15.2 Å². The van der Waals surface area contributed by atoms with Crippen LogP contribution in [-0.4, -0.2) is 27.9 Å². The van der Waals surface area contributed by atoms with Gasteiger partial charge in [-0.25, -0.2) is 9.59 Å². The molecule has 0 aliphatic carbocycles. The van der Waals surface area contributed by atoms with Crippen molar-refractivity contribution in [3.05, 3.63) is 106 Å². The molecule has 33 heavy (non-hydrogen) atoms. The van der Waals surface area contributed by atoms with E-state index in [4.69, 9.17) is 21.4 Å². The normalized spacial score (nSPS) is 14.5. The summed E-state index contributed by atoms with van der Waals surface area (Å²) in [7, 11) is 0. The van der Waals surface area contributed by atoms with Gasteiger partial charge in [-0.3, -0.25) is 9.69 Å². The van der Waals surface area contributed by atoms with Crippen LogP contribution in [0.15, 0.2) is 78.5 Å². The predicted molar refractivity (Wildman–Crippen MR) is 123 cm³/mol. The van der Waals surface area contributed by atoms with Gasteiger partial charge in [-0.05, 0) is 47.5 Å². The number of aromatic carboxylic acids is 1. The number of carboxylic acids is 1. The Morgan fingerprint density at radius 2 is 1.64 bits per heavy atom. The summed E-state index contributed by atoms with van der Waals surface area (Å²) in [6.07, 6.45) is 1.57. The van der Waals surface area contributed by atoms with Crippen LogP contribution in [0.4, 0.5) is 4.79 Å². The number of nitrogens with one attached hydrogen (secondary N) is 1. The number of nitrogens with zero attached hydrogens (tertiary/aromatic N) is 1. The Bertz CT molecular complexity index is 1240. The lowest BCUT2D eigenvalue weighted by atomic mass is 10.1. The Morgan fingerprint density at radius 3 is 2.33 bits per heavy atom. The van der Waals surface area contributed by atoms with E-state index in [1.165, 1.54) is 12.1 Å². The van der Waals surface area contributed by atoms with Crippen molar-refractivity contribution in [1.82, 2.24) is 10.2 Å². The maximum absolute atomic E-state index is 12.8. The van der Waals surface area contributed by atoms with Gasteiger partial charge in [-0.1, -0.05) is 54.1 Å². The molecule has 1 aliphatic rings. The summed E-state index contributed by atoms with van der Waals surface area (Å²) >= 11 is 5.89. The zero-order chi connectivity index (χ0) is 23.4. The monoisotopic (exact) mass is 462 g/mol. The second-order valence-corrected chi connectivity index (χ2v) is 7.77. The van der Waals surface area contributed by atoms with Crippen molar-refractivity contribution in [2.45, 2.75) is 13.2 Å². The maximum atomic E-state index is 12.8. The van der Waals surface area contributed by atoms with Crippen LogP contribution in [0.25, 0.3) is 6.08 Å². The number of amides is 3. The van der Waals surface area contributed by atoms with Gasteiger partial charge in [-0.2, -0.15) is 0 Å². The number of para-hydroxylation sites is 1. The molecular weight excluding hydrogens is 444 g/mol. The molecule has 1 saturated heterocycles. The first-order chi connectivity index (χ1) is 15.9. The van der Waals surface area contributed by atoms with Crippen molar-refractivity contribution in [3.63, 3.8) is 0 Å². The molecule has 2 N–H and O–H groups in total. The number of imide groups is 1. The van der Waals surface area contributed by atoms with Gasteiger partial charge in [-0.15, -0.1) is 0 Å². The van der Waals surface area contributed by atoms with Crippen molar-refractivity contribution in [3.8, 4) is 5.75 Å². The van der Waals surface area contributed by atoms with Crippen LogP contribution in [0.3, 0.4) is 0 Å². The third-order valence-corrected chi connectivity index (χ3v) is 5.28. The zero-order valence-corrected chi connectivity index (χ0v) is 18.1. The predicted octanol–water partition coefficient (Wildman–Crippen LogP) is 4.71. The number of halogens is 1. The highest BCUT2D eigenvalue weighted by Crippen LogP contribution is 2.24. The molecular formula is C25H19ClN2O5. The second-order valence-electron chi connectivity index (χ2n) is 7.33. The molecule has 3 amide bonds. The van der Waals surface area contributed by atoms with Gasteiger partial charge in [0, 0.05) is 10.6 Å². The number of benzene rings is 3. The summed E-state index contributed by atoms with van der Waals surface area (Å²) in [5.41, 5.74) is 2.54. The molecule has 0 spiro atoms. The third-order valence-electron chi connectivity index (χ3n) is 5.03. The standard InChI is InChI=1S/C25H19ClN2O5/c26-20-11-7-16(8-12-20)14-28-23(29)21(27-25(28)32)13-19-3-1-2-4-22(19)33-15-17-5-9-18(10-6-17)24(30)31/h1-13H,14-15H2,(H,27,32)(H,30,31)/b21-13-. The van der Waals surface area contributed by atoms with E-state index >= 15 is 0 Å². The van der Waals surface area contributed by atoms with Crippen LogP contribution in [0.5, 0.6) is 5.75 Å². The lowest BCUT2D eigenvalue weighted by Crippen LogP contribution is -2.30. The quantitative estimate of drug-likeness (QED) is 0.391. The van der Waals surface area contributed by atoms with Gasteiger partial charge in [0.1, 0.15) is 18.1 Å². The average Bonchev–Trinajstić information content (AvgIpc) is 3.07. The molecule has 0 aromatic heterocycles. The molecule has 166 valence electrons. The fourth-order valence-electron chi connectivity index (χ4n) is 3.28. The van der Waals surface area contributed by atoms with Gasteiger partial charge >= 0.3 is 12.0 Å². The Kier molecular flexibility index (Phi) is 6.42. The van der Waals surface area contributed by atoms with Crippen LogP contribution in [-0.2, 0) is 17.9 Å². The largest absolute Gasteiger partial charge is 0.488 e. The molecule has 0 atom stereocenters. The molecule has 1 fully saturated rings. The Balaban J connectivity index is 1.48. The number of rotatable bonds is 7. The van der Waals surface area contributed by atoms with Crippen molar-refractivity contribution in [2.24, 2.45) is 0 Å². The maximum Gasteiger partial charge on any atom is 0.335 e. The summed E-state index contributed by atoms with van der Waals surface area (Å²) < 4.78 is 5.89. The van der Waals surface area contributed by atoms with E-state index in [1.807, 2.05) is 0 Å². The Labute approximate surface area is 194 Å². The lowest BCUT2D eigenvalue weighted by molar-refractivity contribution is -0.123. The van der Waals surface area contributed by atoms with E-state index in [9.17, 15) is 14.4 Å². The zero-order valence-electron chi connectivity index (χ0n) is 17.3. The molecule has 0 bridgehead atoms. The van der Waals surface area contributed by atoms with Gasteiger partial charge in [0.25, 0.3) is 5.91 Å². The summed E-state index contributed by atoms with van der Waals surface area (Å²) in [6, 6.07) is 19.9. The minimum atomic E-state index is -0.993. The molecule has 4 rings (SSSR count). The highest BCUT2D eigenvalue weighted by Gasteiger charge is 2.33. The average molecular weight is 463 g/mol. The first-order valence-corrected chi connectivity index (χ1v) is 10.4. The van der Waals surface area contributed by atoms with Gasteiger partial charge in [0.2, 0.25) is 0 Å². The summed E-state index contributed by atoms with van der Waals surface area (Å²) in [5.74, 6) is -0.910. The van der Waals surface area contributed by atoms with Crippen molar-refractivity contribution < 1.29 is 24.2 Å². The van der Waals surface area contributed by atoms with E-state index in [-0.39, 0.29) is 24.4 Å². The molecule has 1 aliphatic heterocycles. The van der Waals surface area contributed by atoms with Gasteiger partial charge in [0.15, 0.2) is 0 Å². The van der Waals surface area contributed by atoms with E-state index in [0.717, 1.165) is 16.0 Å². The number of urea groups is 1. The van der Waals surface area contributed by atoms with E-state index < -0.39 is 17.9 Å².